The zero-order valence-electron chi connectivity index (χ0n) is 11.0. The van der Waals surface area contributed by atoms with Crippen LogP contribution in [0.5, 0.6) is 0 Å². The van der Waals surface area contributed by atoms with Crippen LogP contribution in [-0.4, -0.2) is 54.4 Å². The second-order valence-electron chi connectivity index (χ2n) is 5.10. The third kappa shape index (κ3) is 3.70. The Hall–Kier alpha value is -0.580. The molecule has 3 nitrogen and oxygen atoms in total. The van der Waals surface area contributed by atoms with Crippen LogP contribution in [0, 0.1) is 0 Å². The molecule has 1 unspecified atom stereocenters. The van der Waals surface area contributed by atoms with Crippen LogP contribution in [0.2, 0.25) is 0 Å². The summed E-state index contributed by atoms with van der Waals surface area (Å²) in [6.07, 6.45) is 1.07. The maximum absolute atomic E-state index is 5.84. The van der Waals surface area contributed by atoms with Gasteiger partial charge in [0.1, 0.15) is 0 Å². The molecule has 1 aromatic rings. The first-order valence-corrected chi connectivity index (χ1v) is 7.64. The van der Waals surface area contributed by atoms with E-state index in [1.54, 1.807) is 0 Å². The van der Waals surface area contributed by atoms with Crippen LogP contribution in [-0.2, 0) is 6.42 Å². The molecule has 1 aliphatic rings. The van der Waals surface area contributed by atoms with Crippen molar-refractivity contribution in [2.24, 2.45) is 0 Å². The van der Waals surface area contributed by atoms with E-state index in [9.17, 15) is 0 Å². The number of nitrogen functional groups attached to an aromatic ring is 1. The van der Waals surface area contributed by atoms with Gasteiger partial charge in [0, 0.05) is 43.2 Å². The highest BCUT2D eigenvalue weighted by Gasteiger charge is 2.21. The number of nitrogens with two attached hydrogens (primary N) is 1. The van der Waals surface area contributed by atoms with Gasteiger partial charge in [-0.2, -0.15) is 0 Å². The zero-order valence-corrected chi connectivity index (χ0v) is 12.6. The lowest BCUT2D eigenvalue weighted by molar-refractivity contribution is 0.121. The van der Waals surface area contributed by atoms with Crippen molar-refractivity contribution in [2.75, 3.05) is 44.3 Å². The summed E-state index contributed by atoms with van der Waals surface area (Å²) < 4.78 is 0. The maximum atomic E-state index is 5.84. The minimum atomic E-state index is 0.570. The van der Waals surface area contributed by atoms with Gasteiger partial charge in [0.2, 0.25) is 0 Å². The summed E-state index contributed by atoms with van der Waals surface area (Å²) in [5.74, 6) is 0. The second-order valence-corrected chi connectivity index (χ2v) is 5.74. The van der Waals surface area contributed by atoms with Crippen LogP contribution in [0.25, 0.3) is 0 Å². The summed E-state index contributed by atoms with van der Waals surface area (Å²) in [5.41, 5.74) is 8.03. The largest absolute Gasteiger partial charge is 0.399 e. The normalized spacial score (nSPS) is 19.9. The number of alkyl halides is 1. The van der Waals surface area contributed by atoms with E-state index < -0.39 is 0 Å². The molecule has 0 spiro atoms. The van der Waals surface area contributed by atoms with Crippen molar-refractivity contribution in [3.8, 4) is 0 Å². The predicted molar refractivity (Wildman–Crippen MR) is 81.2 cm³/mol. The van der Waals surface area contributed by atoms with Crippen molar-refractivity contribution < 1.29 is 0 Å². The molecule has 0 aliphatic carbocycles. The Morgan fingerprint density at radius 3 is 2.61 bits per heavy atom. The molecule has 4 heteroatoms. The smallest absolute Gasteiger partial charge is 0.0316 e. The lowest BCUT2D eigenvalue weighted by Gasteiger charge is -2.37. The Morgan fingerprint density at radius 1 is 1.28 bits per heavy atom. The van der Waals surface area contributed by atoms with Crippen molar-refractivity contribution in [2.45, 2.75) is 12.5 Å². The number of halogens is 1. The summed E-state index contributed by atoms with van der Waals surface area (Å²) in [6, 6.07) is 8.82. The fourth-order valence-corrected chi connectivity index (χ4v) is 3.10. The first-order chi connectivity index (χ1) is 8.69. The summed E-state index contributed by atoms with van der Waals surface area (Å²) >= 11 is 3.66. The van der Waals surface area contributed by atoms with E-state index in [4.69, 9.17) is 5.73 Å². The summed E-state index contributed by atoms with van der Waals surface area (Å²) in [4.78, 5) is 4.97. The Labute approximate surface area is 118 Å². The molecule has 1 atom stereocenters. The van der Waals surface area contributed by atoms with Gasteiger partial charge in [-0.25, -0.2) is 0 Å². The fourth-order valence-electron chi connectivity index (χ4n) is 2.46. The van der Waals surface area contributed by atoms with Gasteiger partial charge in [-0.15, -0.1) is 0 Å². The molecule has 100 valence electrons. The number of rotatable bonds is 4. The predicted octanol–water partition coefficient (Wildman–Crippen LogP) is 1.82. The molecule has 1 aromatic carbocycles. The fraction of sp³-hybridized carbons (Fsp3) is 0.571. The average molecular weight is 312 g/mol. The minimum absolute atomic E-state index is 0.570. The number of anilines is 1. The highest BCUT2D eigenvalue weighted by atomic mass is 79.9. The molecule has 0 saturated carbocycles. The first kappa shape index (κ1) is 13.8. The SMILES string of the molecule is CN1CCN(C(CBr)Cc2cccc(N)c2)CC1. The van der Waals surface area contributed by atoms with Gasteiger partial charge in [-0.1, -0.05) is 28.1 Å². The van der Waals surface area contributed by atoms with E-state index in [2.05, 4.69) is 44.9 Å². The zero-order chi connectivity index (χ0) is 13.0. The van der Waals surface area contributed by atoms with Crippen molar-refractivity contribution in [3.05, 3.63) is 29.8 Å². The summed E-state index contributed by atoms with van der Waals surface area (Å²) in [6.45, 7) is 4.66. The van der Waals surface area contributed by atoms with E-state index in [1.807, 2.05) is 12.1 Å². The highest BCUT2D eigenvalue weighted by molar-refractivity contribution is 9.09. The van der Waals surface area contributed by atoms with E-state index >= 15 is 0 Å². The molecule has 0 bridgehead atoms. The van der Waals surface area contributed by atoms with Crippen LogP contribution < -0.4 is 5.73 Å². The van der Waals surface area contributed by atoms with Gasteiger partial charge in [0.25, 0.3) is 0 Å². The quantitative estimate of drug-likeness (QED) is 0.680. The molecular formula is C14H22BrN3. The third-order valence-corrected chi connectivity index (χ3v) is 4.40. The Kier molecular flexibility index (Phi) is 5.03. The number of nitrogens with zero attached hydrogens (tertiary/aromatic N) is 2. The van der Waals surface area contributed by atoms with E-state index in [1.165, 1.54) is 18.7 Å². The van der Waals surface area contributed by atoms with Gasteiger partial charge >= 0.3 is 0 Å². The molecule has 1 heterocycles. The molecule has 0 aromatic heterocycles. The molecule has 2 rings (SSSR count). The third-order valence-electron chi connectivity index (χ3n) is 3.65. The number of hydrogen-bond donors (Lipinski definition) is 1. The number of likely N-dealkylation sites (N-methyl/N-ethyl adjacent to an activating group) is 1. The summed E-state index contributed by atoms with van der Waals surface area (Å²) in [5, 5.41) is 1.02. The number of hydrogen-bond acceptors (Lipinski definition) is 3. The summed E-state index contributed by atoms with van der Waals surface area (Å²) in [7, 11) is 2.19. The van der Waals surface area contributed by atoms with E-state index in [0.717, 1.165) is 30.5 Å². The Morgan fingerprint density at radius 2 is 2.00 bits per heavy atom. The first-order valence-electron chi connectivity index (χ1n) is 6.52. The van der Waals surface area contributed by atoms with Crippen molar-refractivity contribution in [1.82, 2.24) is 9.80 Å². The van der Waals surface area contributed by atoms with Crippen LogP contribution in [0.4, 0.5) is 5.69 Å². The molecule has 1 saturated heterocycles. The monoisotopic (exact) mass is 311 g/mol. The molecule has 2 N–H and O–H groups in total. The number of piperazine rings is 1. The Bertz CT molecular complexity index is 375. The topological polar surface area (TPSA) is 32.5 Å². The lowest BCUT2D eigenvalue weighted by Crippen LogP contribution is -2.50. The van der Waals surface area contributed by atoms with Gasteiger partial charge in [-0.3, -0.25) is 4.90 Å². The highest BCUT2D eigenvalue weighted by Crippen LogP contribution is 2.15. The number of benzene rings is 1. The molecular weight excluding hydrogens is 290 g/mol. The van der Waals surface area contributed by atoms with Gasteiger partial charge in [0.15, 0.2) is 0 Å². The van der Waals surface area contributed by atoms with Crippen LogP contribution >= 0.6 is 15.9 Å². The van der Waals surface area contributed by atoms with E-state index in [-0.39, 0.29) is 0 Å². The average Bonchev–Trinajstić information content (AvgIpc) is 2.37. The van der Waals surface area contributed by atoms with Crippen LogP contribution in [0.3, 0.4) is 0 Å². The van der Waals surface area contributed by atoms with Crippen molar-refractivity contribution in [3.63, 3.8) is 0 Å². The van der Waals surface area contributed by atoms with E-state index in [0.29, 0.717) is 6.04 Å². The molecule has 18 heavy (non-hydrogen) atoms. The van der Waals surface area contributed by atoms with Crippen LogP contribution in [0.1, 0.15) is 5.56 Å². The molecule has 1 fully saturated rings. The standard InChI is InChI=1S/C14H22BrN3/c1-17-5-7-18(8-6-17)14(11-15)10-12-3-2-4-13(16)9-12/h2-4,9,14H,5-8,10-11,16H2,1H3. The second kappa shape index (κ2) is 6.55. The molecule has 0 amide bonds. The molecule has 0 radical (unpaired) electrons. The van der Waals surface area contributed by atoms with Gasteiger partial charge < -0.3 is 10.6 Å². The van der Waals surface area contributed by atoms with Crippen LogP contribution in [0.15, 0.2) is 24.3 Å². The maximum Gasteiger partial charge on any atom is 0.0316 e. The van der Waals surface area contributed by atoms with Crippen molar-refractivity contribution in [1.29, 1.82) is 0 Å². The van der Waals surface area contributed by atoms with Gasteiger partial charge in [0.05, 0.1) is 0 Å². The Balaban J connectivity index is 1.96. The molecule has 1 aliphatic heterocycles. The van der Waals surface area contributed by atoms with Crippen molar-refractivity contribution >= 4 is 21.6 Å². The lowest BCUT2D eigenvalue weighted by atomic mass is 10.0. The van der Waals surface area contributed by atoms with Gasteiger partial charge in [-0.05, 0) is 31.2 Å². The minimum Gasteiger partial charge on any atom is -0.399 e.